The summed E-state index contributed by atoms with van der Waals surface area (Å²) in [6.45, 7) is 2.33. The van der Waals surface area contributed by atoms with E-state index in [1.807, 2.05) is 6.07 Å². The monoisotopic (exact) mass is 239 g/mol. The van der Waals surface area contributed by atoms with Crippen LogP contribution in [0.3, 0.4) is 0 Å². The summed E-state index contributed by atoms with van der Waals surface area (Å²) in [6, 6.07) is 1.85. The molecule has 0 aromatic heterocycles. The van der Waals surface area contributed by atoms with E-state index >= 15 is 0 Å². The minimum absolute atomic E-state index is 0.0536. The predicted molar refractivity (Wildman–Crippen MR) is 59.9 cm³/mol. The average Bonchev–Trinajstić information content (AvgIpc) is 2.55. The highest BCUT2D eigenvalue weighted by molar-refractivity contribution is 5.79. The van der Waals surface area contributed by atoms with Gasteiger partial charge >= 0.3 is 0 Å². The van der Waals surface area contributed by atoms with E-state index in [1.165, 1.54) is 7.11 Å². The molecule has 0 aromatic carbocycles. The molecule has 1 aliphatic rings. The molecule has 0 radical (unpaired) electrons. The topological polar surface area (TPSA) is 73.6 Å². The van der Waals surface area contributed by atoms with Crippen LogP contribution in [0.5, 0.6) is 0 Å². The molecule has 0 unspecified atom stereocenters. The standard InChI is InChI=1S/C11H17N3O3/c1-17-9-11(16)14-6-2-5-13(7-8-14)10(15)3-4-12/h2-3,5-9H2,1H3. The Morgan fingerprint density at radius 3 is 2.29 bits per heavy atom. The lowest BCUT2D eigenvalue weighted by molar-refractivity contribution is -0.136. The van der Waals surface area contributed by atoms with Crippen LogP contribution in [0, 0.1) is 11.3 Å². The fraction of sp³-hybridized carbons (Fsp3) is 0.727. The van der Waals surface area contributed by atoms with Gasteiger partial charge in [0.2, 0.25) is 11.8 Å². The Labute approximate surface area is 101 Å². The molecule has 1 rings (SSSR count). The first-order valence-corrected chi connectivity index (χ1v) is 5.60. The third-order valence-electron chi connectivity index (χ3n) is 2.70. The van der Waals surface area contributed by atoms with Gasteiger partial charge in [-0.3, -0.25) is 9.59 Å². The molecule has 2 amide bonds. The first kappa shape index (κ1) is 13.5. The fourth-order valence-corrected chi connectivity index (χ4v) is 1.81. The highest BCUT2D eigenvalue weighted by Crippen LogP contribution is 2.05. The molecular weight excluding hydrogens is 222 g/mol. The van der Waals surface area contributed by atoms with E-state index in [0.29, 0.717) is 26.2 Å². The fourth-order valence-electron chi connectivity index (χ4n) is 1.81. The van der Waals surface area contributed by atoms with E-state index < -0.39 is 0 Å². The number of nitrogens with zero attached hydrogens (tertiary/aromatic N) is 3. The summed E-state index contributed by atoms with van der Waals surface area (Å²) < 4.78 is 4.80. The van der Waals surface area contributed by atoms with Crippen LogP contribution in [-0.2, 0) is 14.3 Å². The maximum absolute atomic E-state index is 11.6. The highest BCUT2D eigenvalue weighted by atomic mass is 16.5. The number of carbonyl (C=O) groups excluding carboxylic acids is 2. The Kier molecular flexibility index (Phi) is 5.43. The second-order valence-electron chi connectivity index (χ2n) is 3.88. The van der Waals surface area contributed by atoms with E-state index in [0.717, 1.165) is 6.42 Å². The second-order valence-corrected chi connectivity index (χ2v) is 3.88. The number of rotatable bonds is 3. The van der Waals surface area contributed by atoms with E-state index in [2.05, 4.69) is 0 Å². The van der Waals surface area contributed by atoms with Crippen LogP contribution in [-0.4, -0.2) is 61.5 Å². The third kappa shape index (κ3) is 4.04. The lowest BCUT2D eigenvalue weighted by Gasteiger charge is -2.21. The number of hydrogen-bond acceptors (Lipinski definition) is 4. The lowest BCUT2D eigenvalue weighted by atomic mass is 10.3. The van der Waals surface area contributed by atoms with Crippen LogP contribution in [0.4, 0.5) is 0 Å². The van der Waals surface area contributed by atoms with Crippen molar-refractivity contribution in [3.63, 3.8) is 0 Å². The van der Waals surface area contributed by atoms with Gasteiger partial charge in [0, 0.05) is 33.3 Å². The largest absolute Gasteiger partial charge is 0.375 e. The van der Waals surface area contributed by atoms with Crippen molar-refractivity contribution in [2.45, 2.75) is 12.8 Å². The van der Waals surface area contributed by atoms with Gasteiger partial charge in [0.1, 0.15) is 13.0 Å². The summed E-state index contributed by atoms with van der Waals surface area (Å²) in [5.41, 5.74) is 0. The third-order valence-corrected chi connectivity index (χ3v) is 2.70. The maximum Gasteiger partial charge on any atom is 0.248 e. The SMILES string of the molecule is COCC(=O)N1CCCN(C(=O)CC#N)CC1. The Morgan fingerprint density at radius 2 is 1.76 bits per heavy atom. The van der Waals surface area contributed by atoms with E-state index in [-0.39, 0.29) is 24.8 Å². The maximum atomic E-state index is 11.6. The van der Waals surface area contributed by atoms with Gasteiger partial charge in [-0.25, -0.2) is 0 Å². The smallest absolute Gasteiger partial charge is 0.248 e. The van der Waals surface area contributed by atoms with Crippen LogP contribution < -0.4 is 0 Å². The van der Waals surface area contributed by atoms with Crippen molar-refractivity contribution in [1.29, 1.82) is 5.26 Å². The second kappa shape index (κ2) is 6.86. The van der Waals surface area contributed by atoms with Crippen molar-refractivity contribution in [3.8, 4) is 6.07 Å². The van der Waals surface area contributed by atoms with Gasteiger partial charge < -0.3 is 14.5 Å². The van der Waals surface area contributed by atoms with Gasteiger partial charge in [0.15, 0.2) is 0 Å². The zero-order valence-corrected chi connectivity index (χ0v) is 10.0. The number of amides is 2. The van der Waals surface area contributed by atoms with Crippen LogP contribution in [0.15, 0.2) is 0 Å². The molecular formula is C11H17N3O3. The predicted octanol–water partition coefficient (Wildman–Crippen LogP) is -0.393. The molecule has 6 nitrogen and oxygen atoms in total. The lowest BCUT2D eigenvalue weighted by Crippen LogP contribution is -2.38. The van der Waals surface area contributed by atoms with Gasteiger partial charge in [0.25, 0.3) is 0 Å². The number of carbonyl (C=O) groups is 2. The molecule has 0 saturated carbocycles. The van der Waals surface area contributed by atoms with Crippen molar-refractivity contribution < 1.29 is 14.3 Å². The molecule has 6 heteroatoms. The van der Waals surface area contributed by atoms with Crippen molar-refractivity contribution >= 4 is 11.8 Å². The van der Waals surface area contributed by atoms with Crippen molar-refractivity contribution in [2.75, 3.05) is 39.9 Å². The molecule has 0 aromatic rings. The zero-order valence-electron chi connectivity index (χ0n) is 10.0. The summed E-state index contributed by atoms with van der Waals surface area (Å²) in [6.07, 6.45) is 0.651. The van der Waals surface area contributed by atoms with Crippen molar-refractivity contribution in [3.05, 3.63) is 0 Å². The number of methoxy groups -OCH3 is 1. The number of ether oxygens (including phenoxy) is 1. The first-order valence-electron chi connectivity index (χ1n) is 5.60. The average molecular weight is 239 g/mol. The summed E-state index contributed by atoms with van der Waals surface area (Å²) >= 11 is 0. The minimum Gasteiger partial charge on any atom is -0.375 e. The molecule has 94 valence electrons. The van der Waals surface area contributed by atoms with Crippen LogP contribution in [0.2, 0.25) is 0 Å². The van der Waals surface area contributed by atoms with Crippen LogP contribution >= 0.6 is 0 Å². The van der Waals surface area contributed by atoms with Gasteiger partial charge in [-0.1, -0.05) is 0 Å². The van der Waals surface area contributed by atoms with E-state index in [9.17, 15) is 9.59 Å². The van der Waals surface area contributed by atoms with E-state index in [1.54, 1.807) is 9.80 Å². The van der Waals surface area contributed by atoms with Gasteiger partial charge in [0.05, 0.1) is 6.07 Å². The van der Waals surface area contributed by atoms with E-state index in [4.69, 9.17) is 10.00 Å². The van der Waals surface area contributed by atoms with Crippen molar-refractivity contribution in [1.82, 2.24) is 9.80 Å². The number of nitriles is 1. The summed E-state index contributed by atoms with van der Waals surface area (Å²) in [5.74, 6) is -0.212. The first-order chi connectivity index (χ1) is 8.19. The van der Waals surface area contributed by atoms with Crippen molar-refractivity contribution in [2.24, 2.45) is 0 Å². The van der Waals surface area contributed by atoms with Gasteiger partial charge in [-0.2, -0.15) is 5.26 Å². The van der Waals surface area contributed by atoms with Gasteiger partial charge in [-0.15, -0.1) is 0 Å². The molecule has 1 aliphatic heterocycles. The molecule has 0 bridgehead atoms. The molecule has 0 aliphatic carbocycles. The Morgan fingerprint density at radius 1 is 1.18 bits per heavy atom. The normalized spacial score (nSPS) is 16.2. The Hall–Kier alpha value is -1.61. The quantitative estimate of drug-likeness (QED) is 0.672. The summed E-state index contributed by atoms with van der Waals surface area (Å²) in [4.78, 5) is 26.5. The summed E-state index contributed by atoms with van der Waals surface area (Å²) in [7, 11) is 1.48. The van der Waals surface area contributed by atoms with Gasteiger partial charge in [-0.05, 0) is 6.42 Å². The van der Waals surface area contributed by atoms with Crippen LogP contribution in [0.1, 0.15) is 12.8 Å². The summed E-state index contributed by atoms with van der Waals surface area (Å²) in [5, 5.41) is 8.47. The Balaban J connectivity index is 2.47. The highest BCUT2D eigenvalue weighted by Gasteiger charge is 2.21. The Bertz CT molecular complexity index is 324. The van der Waals surface area contributed by atoms with Crippen LogP contribution in [0.25, 0.3) is 0 Å². The molecule has 1 heterocycles. The molecule has 0 N–H and O–H groups in total. The molecule has 0 spiro atoms. The molecule has 17 heavy (non-hydrogen) atoms. The molecule has 1 saturated heterocycles. The zero-order chi connectivity index (χ0) is 12.7. The number of hydrogen-bond donors (Lipinski definition) is 0. The molecule has 1 fully saturated rings. The minimum atomic E-state index is -0.159. The molecule has 0 atom stereocenters.